The van der Waals surface area contributed by atoms with Gasteiger partial charge in [0.25, 0.3) is 0 Å². The minimum atomic E-state index is 0.221. The molecule has 2 heterocycles. The highest BCUT2D eigenvalue weighted by Gasteiger charge is 2.24. The van der Waals surface area contributed by atoms with Crippen LogP contribution in [-0.2, 0) is 6.54 Å². The van der Waals surface area contributed by atoms with E-state index >= 15 is 0 Å². The molecule has 0 aliphatic carbocycles. The lowest BCUT2D eigenvalue weighted by molar-refractivity contribution is 0.198. The smallest absolute Gasteiger partial charge is 0.122 e. The zero-order valence-electron chi connectivity index (χ0n) is 11.5. The van der Waals surface area contributed by atoms with Crippen LogP contribution in [0.4, 0.5) is 0 Å². The van der Waals surface area contributed by atoms with Gasteiger partial charge in [0.05, 0.1) is 0 Å². The first-order chi connectivity index (χ1) is 10.2. The second kappa shape index (κ2) is 6.65. The minimum Gasteiger partial charge on any atom is -0.489 e. The van der Waals surface area contributed by atoms with Crippen LogP contribution in [0.25, 0.3) is 0 Å². The molecule has 0 unspecified atom stereocenters. The monoisotopic (exact) mass is 322 g/mol. The summed E-state index contributed by atoms with van der Waals surface area (Å²) >= 11 is 12.1. The van der Waals surface area contributed by atoms with E-state index in [0.29, 0.717) is 5.02 Å². The summed E-state index contributed by atoms with van der Waals surface area (Å²) in [4.78, 5) is 6.34. The predicted molar refractivity (Wildman–Crippen MR) is 85.0 cm³/mol. The van der Waals surface area contributed by atoms with Gasteiger partial charge in [0.15, 0.2) is 0 Å². The summed E-state index contributed by atoms with van der Waals surface area (Å²) in [5, 5.41) is 1.39. The SMILES string of the molecule is Clc1ccc(CN2CC[C@@H](Oc3ccncc3)C2)c(Cl)c1. The van der Waals surface area contributed by atoms with Crippen molar-refractivity contribution < 1.29 is 4.74 Å². The summed E-state index contributed by atoms with van der Waals surface area (Å²) in [6.45, 7) is 2.74. The van der Waals surface area contributed by atoms with Gasteiger partial charge in [-0.25, -0.2) is 0 Å². The Labute approximate surface area is 134 Å². The predicted octanol–water partition coefficient (Wildman–Crippen LogP) is 4.04. The Hall–Kier alpha value is -1.29. The molecular formula is C16H16Cl2N2O. The van der Waals surface area contributed by atoms with Crippen molar-refractivity contribution >= 4 is 23.2 Å². The normalized spacial score (nSPS) is 18.9. The number of benzene rings is 1. The van der Waals surface area contributed by atoms with E-state index in [9.17, 15) is 0 Å². The van der Waals surface area contributed by atoms with Crippen molar-refractivity contribution in [3.8, 4) is 5.75 Å². The molecule has 1 aliphatic rings. The third kappa shape index (κ3) is 3.88. The lowest BCUT2D eigenvalue weighted by atomic mass is 10.2. The standard InChI is InChI=1S/C16H16Cl2N2O/c17-13-2-1-12(16(18)9-13)10-20-8-5-15(11-20)21-14-3-6-19-7-4-14/h1-4,6-7,9,15H,5,8,10-11H2/t15-/m1/s1. The first-order valence-corrected chi connectivity index (χ1v) is 7.69. The summed E-state index contributed by atoms with van der Waals surface area (Å²) in [5.74, 6) is 0.876. The quantitative estimate of drug-likeness (QED) is 0.849. The number of rotatable bonds is 4. The number of aromatic nitrogens is 1. The summed E-state index contributed by atoms with van der Waals surface area (Å²) in [7, 11) is 0. The van der Waals surface area contributed by atoms with Gasteiger partial charge in [0.1, 0.15) is 11.9 Å². The Morgan fingerprint density at radius 1 is 1.19 bits per heavy atom. The summed E-state index contributed by atoms with van der Waals surface area (Å²) in [6, 6.07) is 9.43. The second-order valence-electron chi connectivity index (χ2n) is 5.18. The first-order valence-electron chi connectivity index (χ1n) is 6.93. The van der Waals surface area contributed by atoms with Crippen LogP contribution in [0.5, 0.6) is 5.75 Å². The maximum atomic E-state index is 6.22. The van der Waals surface area contributed by atoms with E-state index < -0.39 is 0 Å². The van der Waals surface area contributed by atoms with Gasteiger partial charge in [-0.15, -0.1) is 0 Å². The highest BCUT2D eigenvalue weighted by atomic mass is 35.5. The third-order valence-corrected chi connectivity index (χ3v) is 4.18. The van der Waals surface area contributed by atoms with Gasteiger partial charge in [-0.2, -0.15) is 0 Å². The fourth-order valence-corrected chi connectivity index (χ4v) is 3.01. The van der Waals surface area contributed by atoms with Crippen LogP contribution in [0.2, 0.25) is 10.0 Å². The Bertz CT molecular complexity index is 606. The molecule has 0 amide bonds. The van der Waals surface area contributed by atoms with Crippen LogP contribution < -0.4 is 4.74 Å². The van der Waals surface area contributed by atoms with Gasteiger partial charge in [-0.3, -0.25) is 9.88 Å². The summed E-state index contributed by atoms with van der Waals surface area (Å²) in [6.07, 6.45) is 4.73. The number of ether oxygens (including phenoxy) is 1. The molecule has 1 atom stereocenters. The number of halogens is 2. The molecule has 2 aromatic rings. The zero-order chi connectivity index (χ0) is 14.7. The van der Waals surface area contributed by atoms with Crippen LogP contribution in [0.1, 0.15) is 12.0 Å². The van der Waals surface area contributed by atoms with Crippen LogP contribution in [0.15, 0.2) is 42.7 Å². The molecule has 5 heteroatoms. The molecule has 0 radical (unpaired) electrons. The van der Waals surface area contributed by atoms with Gasteiger partial charge < -0.3 is 4.74 Å². The fraction of sp³-hybridized carbons (Fsp3) is 0.312. The molecular weight excluding hydrogens is 307 g/mol. The van der Waals surface area contributed by atoms with Crippen molar-refractivity contribution in [2.45, 2.75) is 19.1 Å². The van der Waals surface area contributed by atoms with Crippen LogP contribution in [-0.4, -0.2) is 29.1 Å². The number of pyridine rings is 1. The molecule has 110 valence electrons. The molecule has 1 aromatic heterocycles. The topological polar surface area (TPSA) is 25.4 Å². The van der Waals surface area contributed by atoms with E-state index in [1.807, 2.05) is 24.3 Å². The third-order valence-electron chi connectivity index (χ3n) is 3.59. The Kier molecular flexibility index (Phi) is 4.63. The number of hydrogen-bond acceptors (Lipinski definition) is 3. The fourth-order valence-electron chi connectivity index (χ4n) is 2.54. The second-order valence-corrected chi connectivity index (χ2v) is 6.03. The van der Waals surface area contributed by atoms with Gasteiger partial charge >= 0.3 is 0 Å². The molecule has 3 rings (SSSR count). The molecule has 3 nitrogen and oxygen atoms in total. The first kappa shape index (κ1) is 14.6. The molecule has 1 aromatic carbocycles. The Balaban J connectivity index is 1.57. The van der Waals surface area contributed by atoms with Crippen molar-refractivity contribution in [3.05, 3.63) is 58.3 Å². The molecule has 0 N–H and O–H groups in total. The molecule has 0 bridgehead atoms. The minimum absolute atomic E-state index is 0.221. The average molecular weight is 323 g/mol. The number of hydrogen-bond donors (Lipinski definition) is 0. The van der Waals surface area contributed by atoms with Gasteiger partial charge in [0, 0.05) is 42.1 Å². The van der Waals surface area contributed by atoms with Crippen LogP contribution in [0.3, 0.4) is 0 Å². The number of nitrogens with zero attached hydrogens (tertiary/aromatic N) is 2. The van der Waals surface area contributed by atoms with Gasteiger partial charge in [0.2, 0.25) is 0 Å². The van der Waals surface area contributed by atoms with E-state index in [-0.39, 0.29) is 6.10 Å². The van der Waals surface area contributed by atoms with E-state index in [4.69, 9.17) is 27.9 Å². The molecule has 1 aliphatic heterocycles. The van der Waals surface area contributed by atoms with Gasteiger partial charge in [-0.1, -0.05) is 29.3 Å². The maximum absolute atomic E-state index is 6.22. The van der Waals surface area contributed by atoms with Crippen molar-refractivity contribution in [3.63, 3.8) is 0 Å². The van der Waals surface area contributed by atoms with Crippen molar-refractivity contribution in [2.75, 3.05) is 13.1 Å². The van der Waals surface area contributed by atoms with E-state index in [1.165, 1.54) is 0 Å². The van der Waals surface area contributed by atoms with Crippen molar-refractivity contribution in [2.24, 2.45) is 0 Å². The highest BCUT2D eigenvalue weighted by Crippen LogP contribution is 2.24. The lowest BCUT2D eigenvalue weighted by Gasteiger charge is -2.17. The maximum Gasteiger partial charge on any atom is 0.122 e. The summed E-state index contributed by atoms with van der Waals surface area (Å²) in [5.41, 5.74) is 1.10. The van der Waals surface area contributed by atoms with Crippen molar-refractivity contribution in [1.82, 2.24) is 9.88 Å². The van der Waals surface area contributed by atoms with E-state index in [2.05, 4.69) is 9.88 Å². The average Bonchev–Trinajstić information content (AvgIpc) is 2.90. The Morgan fingerprint density at radius 2 is 2.00 bits per heavy atom. The summed E-state index contributed by atoms with van der Waals surface area (Å²) < 4.78 is 5.96. The van der Waals surface area contributed by atoms with Crippen molar-refractivity contribution in [1.29, 1.82) is 0 Å². The molecule has 0 saturated carbocycles. The van der Waals surface area contributed by atoms with Crippen LogP contribution >= 0.6 is 23.2 Å². The largest absolute Gasteiger partial charge is 0.489 e. The number of likely N-dealkylation sites (tertiary alicyclic amines) is 1. The molecule has 1 saturated heterocycles. The van der Waals surface area contributed by atoms with Gasteiger partial charge in [-0.05, 0) is 36.2 Å². The van der Waals surface area contributed by atoms with Crippen LogP contribution in [0, 0.1) is 0 Å². The molecule has 0 spiro atoms. The molecule has 1 fully saturated rings. The Morgan fingerprint density at radius 3 is 2.76 bits per heavy atom. The molecule has 21 heavy (non-hydrogen) atoms. The van der Waals surface area contributed by atoms with E-state index in [1.54, 1.807) is 18.5 Å². The zero-order valence-corrected chi connectivity index (χ0v) is 13.0. The van der Waals surface area contributed by atoms with E-state index in [0.717, 1.165) is 42.4 Å². The highest BCUT2D eigenvalue weighted by molar-refractivity contribution is 6.35. The lowest BCUT2D eigenvalue weighted by Crippen LogP contribution is -2.24.